The molecular weight excluding hydrogens is 432 g/mol. The summed E-state index contributed by atoms with van der Waals surface area (Å²) in [6, 6.07) is 5.23. The number of urea groups is 1. The third-order valence-corrected chi connectivity index (χ3v) is 6.20. The zero-order valence-corrected chi connectivity index (χ0v) is 19.3. The smallest absolute Gasteiger partial charge is 0.326 e. The third-order valence-electron chi connectivity index (χ3n) is 5.30. The van der Waals surface area contributed by atoms with Crippen molar-refractivity contribution in [1.29, 1.82) is 0 Å². The predicted molar refractivity (Wildman–Crippen MR) is 119 cm³/mol. The maximum atomic E-state index is 12.3. The number of benzene rings is 1. The minimum atomic E-state index is -1.00. The number of anilines is 1. The minimum absolute atomic E-state index is 0.101. The van der Waals surface area contributed by atoms with Crippen molar-refractivity contribution >= 4 is 40.8 Å². The maximum Gasteiger partial charge on any atom is 0.326 e. The van der Waals surface area contributed by atoms with Crippen LogP contribution in [0.15, 0.2) is 23.6 Å². The second kappa shape index (κ2) is 9.47. The van der Waals surface area contributed by atoms with Crippen molar-refractivity contribution in [3.05, 3.63) is 45.4 Å². The molecule has 170 valence electrons. The van der Waals surface area contributed by atoms with Crippen LogP contribution in [-0.4, -0.2) is 45.8 Å². The van der Waals surface area contributed by atoms with Gasteiger partial charge in [-0.1, -0.05) is 19.1 Å². The number of amides is 4. The highest BCUT2D eigenvalue weighted by Crippen LogP contribution is 2.21. The highest BCUT2D eigenvalue weighted by atomic mass is 32.1. The summed E-state index contributed by atoms with van der Waals surface area (Å²) >= 11 is 1.29. The van der Waals surface area contributed by atoms with E-state index in [-0.39, 0.29) is 18.9 Å². The number of aryl methyl sites for hydroxylation is 2. The summed E-state index contributed by atoms with van der Waals surface area (Å²) in [5, 5.41) is 7.76. The van der Waals surface area contributed by atoms with E-state index in [1.54, 1.807) is 19.2 Å². The van der Waals surface area contributed by atoms with E-state index in [0.29, 0.717) is 17.1 Å². The predicted octanol–water partition coefficient (Wildman–Crippen LogP) is 2.70. The van der Waals surface area contributed by atoms with E-state index in [0.717, 1.165) is 21.7 Å². The molecule has 1 fully saturated rings. The van der Waals surface area contributed by atoms with Crippen molar-refractivity contribution < 1.29 is 23.9 Å². The Morgan fingerprint density at radius 2 is 2.03 bits per heavy atom. The van der Waals surface area contributed by atoms with E-state index in [9.17, 15) is 19.2 Å². The third kappa shape index (κ3) is 5.31. The summed E-state index contributed by atoms with van der Waals surface area (Å²) in [7, 11) is 0. The molecule has 1 aromatic carbocycles. The highest BCUT2D eigenvalue weighted by Gasteiger charge is 2.47. The molecule has 0 saturated carbocycles. The van der Waals surface area contributed by atoms with Gasteiger partial charge in [-0.25, -0.2) is 9.78 Å². The molecule has 1 aliphatic rings. The van der Waals surface area contributed by atoms with Gasteiger partial charge >= 0.3 is 12.0 Å². The quantitative estimate of drug-likeness (QED) is 0.464. The second-order valence-corrected chi connectivity index (χ2v) is 8.89. The number of nitrogens with one attached hydrogen (secondary N) is 2. The van der Waals surface area contributed by atoms with E-state index in [2.05, 4.69) is 15.6 Å². The van der Waals surface area contributed by atoms with Gasteiger partial charge in [0.2, 0.25) is 5.91 Å². The van der Waals surface area contributed by atoms with Gasteiger partial charge in [0, 0.05) is 11.1 Å². The number of imide groups is 1. The molecule has 1 unspecified atom stereocenters. The van der Waals surface area contributed by atoms with Gasteiger partial charge in [-0.05, 0) is 44.4 Å². The summed E-state index contributed by atoms with van der Waals surface area (Å²) in [5.74, 6) is -1.35. The molecule has 0 bridgehead atoms. The van der Waals surface area contributed by atoms with Gasteiger partial charge in [0.05, 0.1) is 12.1 Å². The molecule has 2 N–H and O–H groups in total. The first kappa shape index (κ1) is 23.4. The summed E-state index contributed by atoms with van der Waals surface area (Å²) < 4.78 is 5.16. The van der Waals surface area contributed by atoms with Gasteiger partial charge in [0.15, 0.2) is 0 Å². The van der Waals surface area contributed by atoms with Gasteiger partial charge in [0.25, 0.3) is 5.91 Å². The highest BCUT2D eigenvalue weighted by molar-refractivity contribution is 7.09. The molecule has 3 rings (SSSR count). The SMILES string of the molecule is CCC1(C)NC(=O)N(CC(=O)OCc2csc(CC(=O)Nc3cc(C)ccc3C)n2)C1=O. The molecule has 1 aromatic heterocycles. The van der Waals surface area contributed by atoms with Crippen LogP contribution in [0.25, 0.3) is 0 Å². The van der Waals surface area contributed by atoms with Crippen molar-refractivity contribution in [2.24, 2.45) is 0 Å². The summed E-state index contributed by atoms with van der Waals surface area (Å²) in [6.07, 6.45) is 0.520. The zero-order valence-electron chi connectivity index (χ0n) is 18.5. The molecule has 0 radical (unpaired) electrons. The molecule has 32 heavy (non-hydrogen) atoms. The number of carbonyl (C=O) groups excluding carboxylic acids is 4. The van der Waals surface area contributed by atoms with Gasteiger partial charge in [0.1, 0.15) is 23.7 Å². The lowest BCUT2D eigenvalue weighted by atomic mass is 9.99. The first-order valence-electron chi connectivity index (χ1n) is 10.2. The fourth-order valence-corrected chi connectivity index (χ4v) is 3.94. The van der Waals surface area contributed by atoms with Crippen LogP contribution in [0.1, 0.15) is 42.1 Å². The summed E-state index contributed by atoms with van der Waals surface area (Å²) in [6.45, 7) is 6.71. The van der Waals surface area contributed by atoms with E-state index in [1.807, 2.05) is 32.0 Å². The molecule has 10 heteroatoms. The first-order chi connectivity index (χ1) is 15.1. The Kier molecular flexibility index (Phi) is 6.93. The Morgan fingerprint density at radius 3 is 2.72 bits per heavy atom. The molecule has 2 heterocycles. The number of esters is 1. The van der Waals surface area contributed by atoms with Crippen molar-refractivity contribution in [2.45, 2.75) is 52.7 Å². The number of hydrogen-bond donors (Lipinski definition) is 2. The summed E-state index contributed by atoms with van der Waals surface area (Å²) in [4.78, 5) is 54.0. The minimum Gasteiger partial charge on any atom is -0.458 e. The average molecular weight is 459 g/mol. The number of carbonyl (C=O) groups is 4. The molecule has 0 aliphatic carbocycles. The number of ether oxygens (including phenoxy) is 1. The van der Waals surface area contributed by atoms with Crippen molar-refractivity contribution in [3.8, 4) is 0 Å². The van der Waals surface area contributed by atoms with Crippen LogP contribution >= 0.6 is 11.3 Å². The van der Waals surface area contributed by atoms with Crippen molar-refractivity contribution in [3.63, 3.8) is 0 Å². The topological polar surface area (TPSA) is 118 Å². The van der Waals surface area contributed by atoms with Crippen LogP contribution in [0.2, 0.25) is 0 Å². The van der Waals surface area contributed by atoms with E-state index >= 15 is 0 Å². The van der Waals surface area contributed by atoms with Crippen LogP contribution in [0.4, 0.5) is 10.5 Å². The number of nitrogens with zero attached hydrogens (tertiary/aromatic N) is 2. The average Bonchev–Trinajstić information content (AvgIpc) is 3.27. The number of thiazole rings is 1. The van der Waals surface area contributed by atoms with Crippen LogP contribution in [0.3, 0.4) is 0 Å². The van der Waals surface area contributed by atoms with Gasteiger partial charge < -0.3 is 15.4 Å². The van der Waals surface area contributed by atoms with Crippen molar-refractivity contribution in [2.75, 3.05) is 11.9 Å². The largest absolute Gasteiger partial charge is 0.458 e. The van der Waals surface area contributed by atoms with Crippen LogP contribution < -0.4 is 10.6 Å². The van der Waals surface area contributed by atoms with E-state index < -0.39 is 30.0 Å². The maximum absolute atomic E-state index is 12.3. The van der Waals surface area contributed by atoms with Gasteiger partial charge in [-0.3, -0.25) is 19.3 Å². The molecule has 1 atom stereocenters. The molecule has 4 amide bonds. The summed E-state index contributed by atoms with van der Waals surface area (Å²) in [5.41, 5.74) is 2.28. The van der Waals surface area contributed by atoms with Crippen LogP contribution in [0, 0.1) is 13.8 Å². The Morgan fingerprint density at radius 1 is 1.28 bits per heavy atom. The molecule has 2 aromatic rings. The molecule has 9 nitrogen and oxygen atoms in total. The van der Waals surface area contributed by atoms with E-state index in [1.165, 1.54) is 11.3 Å². The molecule has 1 aliphatic heterocycles. The van der Waals surface area contributed by atoms with Gasteiger partial charge in [-0.15, -0.1) is 11.3 Å². The standard InChI is InChI=1S/C22H26N4O5S/c1-5-22(4)20(29)26(21(30)25-22)10-19(28)31-11-15-12-32-18(23-15)9-17(27)24-16-8-13(2)6-7-14(16)3/h6-8,12H,5,9-11H2,1-4H3,(H,24,27)(H,25,30). The lowest BCUT2D eigenvalue weighted by Gasteiger charge is -2.18. The van der Waals surface area contributed by atoms with Crippen LogP contribution in [0.5, 0.6) is 0 Å². The Bertz CT molecular complexity index is 1070. The monoisotopic (exact) mass is 458 g/mol. The molecule has 0 spiro atoms. The Hall–Kier alpha value is -3.27. The first-order valence-corrected chi connectivity index (χ1v) is 11.1. The van der Waals surface area contributed by atoms with Crippen molar-refractivity contribution in [1.82, 2.24) is 15.2 Å². The normalized spacial score (nSPS) is 17.9. The van der Waals surface area contributed by atoms with Gasteiger partial charge in [-0.2, -0.15) is 0 Å². The molecule has 1 saturated heterocycles. The lowest BCUT2D eigenvalue weighted by molar-refractivity contribution is -0.148. The fourth-order valence-electron chi connectivity index (χ4n) is 3.16. The molecular formula is C22H26N4O5S. The number of rotatable bonds is 8. The number of aromatic nitrogens is 1. The number of hydrogen-bond acceptors (Lipinski definition) is 7. The van der Waals surface area contributed by atoms with Crippen LogP contribution in [-0.2, 0) is 32.1 Å². The Balaban J connectivity index is 1.49. The second-order valence-electron chi connectivity index (χ2n) is 7.94. The Labute approximate surface area is 190 Å². The lowest BCUT2D eigenvalue weighted by Crippen LogP contribution is -2.43. The van der Waals surface area contributed by atoms with E-state index in [4.69, 9.17) is 4.74 Å². The zero-order chi connectivity index (χ0) is 23.5. The fraction of sp³-hybridized carbons (Fsp3) is 0.409.